The summed E-state index contributed by atoms with van der Waals surface area (Å²) >= 11 is 6.05. The highest BCUT2D eigenvalue weighted by Crippen LogP contribution is 2.22. The molecule has 138 valence electrons. The third-order valence-corrected chi connectivity index (χ3v) is 4.15. The Bertz CT molecular complexity index is 778. The van der Waals surface area contributed by atoms with E-state index in [2.05, 4.69) is 10.6 Å². The van der Waals surface area contributed by atoms with Gasteiger partial charge in [0.25, 0.3) is 0 Å². The molecule has 0 aromatic heterocycles. The zero-order valence-electron chi connectivity index (χ0n) is 15.0. The van der Waals surface area contributed by atoms with Gasteiger partial charge < -0.3 is 15.4 Å². The summed E-state index contributed by atoms with van der Waals surface area (Å²) in [6.45, 7) is 2.01. The van der Waals surface area contributed by atoms with E-state index >= 15 is 0 Å². The van der Waals surface area contributed by atoms with Crippen LogP contribution >= 0.6 is 11.6 Å². The first-order valence-corrected chi connectivity index (χ1v) is 8.44. The topological polar surface area (TPSA) is 70.7 Å². The van der Waals surface area contributed by atoms with Crippen LogP contribution in [-0.2, 0) is 9.59 Å². The Hall–Kier alpha value is -2.57. The van der Waals surface area contributed by atoms with Crippen molar-refractivity contribution in [3.63, 3.8) is 0 Å². The second-order valence-corrected chi connectivity index (χ2v) is 6.32. The number of rotatable bonds is 7. The second kappa shape index (κ2) is 9.22. The summed E-state index contributed by atoms with van der Waals surface area (Å²) in [6, 6.07) is 12.4. The van der Waals surface area contributed by atoms with Crippen LogP contribution in [0.5, 0.6) is 5.75 Å². The Morgan fingerprint density at radius 3 is 2.27 bits per heavy atom. The van der Waals surface area contributed by atoms with Crippen LogP contribution < -0.4 is 15.4 Å². The molecule has 0 saturated carbocycles. The predicted molar refractivity (Wildman–Crippen MR) is 104 cm³/mol. The summed E-state index contributed by atoms with van der Waals surface area (Å²) in [5, 5.41) is 6.18. The fourth-order valence-corrected chi connectivity index (χ4v) is 2.53. The molecular formula is C19H22ClN3O3. The molecular weight excluding hydrogens is 354 g/mol. The van der Waals surface area contributed by atoms with E-state index in [0.717, 1.165) is 5.56 Å². The fraction of sp³-hybridized carbons (Fsp3) is 0.263. The number of hydrogen-bond donors (Lipinski definition) is 2. The predicted octanol–water partition coefficient (Wildman–Crippen LogP) is 3.17. The molecule has 2 amide bonds. The van der Waals surface area contributed by atoms with Gasteiger partial charge in [0.05, 0.1) is 20.2 Å². The summed E-state index contributed by atoms with van der Waals surface area (Å²) in [4.78, 5) is 25.9. The van der Waals surface area contributed by atoms with Crippen molar-refractivity contribution in [1.82, 2.24) is 4.90 Å². The molecule has 0 fully saturated rings. The van der Waals surface area contributed by atoms with Crippen molar-refractivity contribution < 1.29 is 14.3 Å². The number of anilines is 2. The molecule has 26 heavy (non-hydrogen) atoms. The lowest BCUT2D eigenvalue weighted by Crippen LogP contribution is -2.36. The van der Waals surface area contributed by atoms with Gasteiger partial charge in [0, 0.05) is 16.4 Å². The SMILES string of the molecule is COc1ccc(NC(=O)CN(C)CC(=O)Nc2cccc(Cl)c2C)cc1. The van der Waals surface area contributed by atoms with Gasteiger partial charge in [-0.2, -0.15) is 0 Å². The molecule has 0 radical (unpaired) electrons. The van der Waals surface area contributed by atoms with E-state index in [1.165, 1.54) is 0 Å². The monoisotopic (exact) mass is 375 g/mol. The Kier molecular flexibility index (Phi) is 7.00. The second-order valence-electron chi connectivity index (χ2n) is 5.91. The molecule has 0 atom stereocenters. The van der Waals surface area contributed by atoms with Crippen LogP contribution in [0.4, 0.5) is 11.4 Å². The maximum atomic E-state index is 12.2. The van der Waals surface area contributed by atoms with Crippen LogP contribution in [0.3, 0.4) is 0 Å². The number of benzene rings is 2. The van der Waals surface area contributed by atoms with E-state index in [1.807, 2.05) is 6.92 Å². The molecule has 0 heterocycles. The Morgan fingerprint density at radius 2 is 1.65 bits per heavy atom. The minimum absolute atomic E-state index is 0.0853. The number of nitrogens with one attached hydrogen (secondary N) is 2. The number of carbonyl (C=O) groups is 2. The Labute approximate surface area is 158 Å². The van der Waals surface area contributed by atoms with Crippen molar-refractivity contribution in [2.24, 2.45) is 0 Å². The lowest BCUT2D eigenvalue weighted by Gasteiger charge is -2.17. The number of hydrogen-bond acceptors (Lipinski definition) is 4. The summed E-state index contributed by atoms with van der Waals surface area (Å²) in [6.07, 6.45) is 0. The molecule has 2 rings (SSSR count). The minimum atomic E-state index is -0.213. The molecule has 0 unspecified atom stereocenters. The number of methoxy groups -OCH3 is 1. The normalized spacial score (nSPS) is 10.5. The number of carbonyl (C=O) groups excluding carboxylic acids is 2. The van der Waals surface area contributed by atoms with Gasteiger partial charge in [-0.15, -0.1) is 0 Å². The summed E-state index contributed by atoms with van der Waals surface area (Å²) in [7, 11) is 3.29. The van der Waals surface area contributed by atoms with E-state index < -0.39 is 0 Å². The van der Waals surface area contributed by atoms with Crippen LogP contribution in [-0.4, -0.2) is 44.0 Å². The number of likely N-dealkylation sites (N-methyl/N-ethyl adjacent to an activating group) is 1. The van der Waals surface area contributed by atoms with Crippen LogP contribution in [0.15, 0.2) is 42.5 Å². The van der Waals surface area contributed by atoms with Gasteiger partial charge in [-0.05, 0) is 55.9 Å². The van der Waals surface area contributed by atoms with Crippen molar-refractivity contribution in [1.29, 1.82) is 0 Å². The van der Waals surface area contributed by atoms with Crippen molar-refractivity contribution in [3.8, 4) is 5.75 Å². The zero-order valence-corrected chi connectivity index (χ0v) is 15.8. The van der Waals surface area contributed by atoms with Gasteiger partial charge >= 0.3 is 0 Å². The molecule has 0 bridgehead atoms. The number of ether oxygens (including phenoxy) is 1. The third kappa shape index (κ3) is 5.75. The maximum absolute atomic E-state index is 12.2. The quantitative estimate of drug-likeness (QED) is 0.779. The molecule has 0 saturated heterocycles. The van der Waals surface area contributed by atoms with E-state index in [0.29, 0.717) is 22.1 Å². The molecule has 0 spiro atoms. The number of amides is 2. The Balaban J connectivity index is 1.82. The highest BCUT2D eigenvalue weighted by atomic mass is 35.5. The van der Waals surface area contributed by atoms with Crippen LogP contribution in [0.2, 0.25) is 5.02 Å². The molecule has 2 aromatic carbocycles. The summed E-state index contributed by atoms with van der Waals surface area (Å²) in [5.41, 5.74) is 2.14. The highest BCUT2D eigenvalue weighted by molar-refractivity contribution is 6.31. The average Bonchev–Trinajstić information content (AvgIpc) is 2.59. The van der Waals surface area contributed by atoms with Gasteiger partial charge in [0.15, 0.2) is 0 Å². The molecule has 0 aliphatic heterocycles. The van der Waals surface area contributed by atoms with Gasteiger partial charge in [-0.25, -0.2) is 0 Å². The van der Waals surface area contributed by atoms with Gasteiger partial charge in [0.2, 0.25) is 11.8 Å². The first-order chi connectivity index (χ1) is 12.4. The van der Waals surface area contributed by atoms with E-state index in [-0.39, 0.29) is 24.9 Å². The molecule has 7 heteroatoms. The standard InChI is InChI=1S/C19H22ClN3O3/c1-13-16(20)5-4-6-17(13)22-19(25)12-23(2)11-18(24)21-14-7-9-15(26-3)10-8-14/h4-10H,11-12H2,1-3H3,(H,21,24)(H,22,25). The first kappa shape index (κ1) is 19.8. The van der Waals surface area contributed by atoms with Gasteiger partial charge in [-0.3, -0.25) is 14.5 Å². The van der Waals surface area contributed by atoms with E-state index in [4.69, 9.17) is 16.3 Å². The van der Waals surface area contributed by atoms with E-state index in [1.54, 1.807) is 61.5 Å². The lowest BCUT2D eigenvalue weighted by atomic mass is 10.2. The summed E-state index contributed by atoms with van der Waals surface area (Å²) in [5.74, 6) is 0.299. The van der Waals surface area contributed by atoms with Gasteiger partial charge in [-0.1, -0.05) is 17.7 Å². The lowest BCUT2D eigenvalue weighted by molar-refractivity contribution is -0.119. The van der Waals surface area contributed by atoms with Crippen molar-refractivity contribution in [2.75, 3.05) is 37.9 Å². The largest absolute Gasteiger partial charge is 0.497 e. The van der Waals surface area contributed by atoms with Crippen LogP contribution in [0.25, 0.3) is 0 Å². The maximum Gasteiger partial charge on any atom is 0.238 e. The number of nitrogens with zero attached hydrogens (tertiary/aromatic N) is 1. The molecule has 2 N–H and O–H groups in total. The molecule has 2 aromatic rings. The Morgan fingerprint density at radius 1 is 1.04 bits per heavy atom. The van der Waals surface area contributed by atoms with Crippen molar-refractivity contribution >= 4 is 34.8 Å². The molecule has 0 aliphatic rings. The molecule has 0 aliphatic carbocycles. The minimum Gasteiger partial charge on any atom is -0.497 e. The average molecular weight is 376 g/mol. The van der Waals surface area contributed by atoms with Crippen LogP contribution in [0, 0.1) is 6.92 Å². The highest BCUT2D eigenvalue weighted by Gasteiger charge is 2.12. The van der Waals surface area contributed by atoms with Crippen molar-refractivity contribution in [3.05, 3.63) is 53.1 Å². The zero-order chi connectivity index (χ0) is 19.1. The van der Waals surface area contributed by atoms with Gasteiger partial charge in [0.1, 0.15) is 5.75 Å². The molecule has 6 nitrogen and oxygen atoms in total. The van der Waals surface area contributed by atoms with E-state index in [9.17, 15) is 9.59 Å². The summed E-state index contributed by atoms with van der Waals surface area (Å²) < 4.78 is 5.07. The van der Waals surface area contributed by atoms with Crippen molar-refractivity contribution in [2.45, 2.75) is 6.92 Å². The number of halogens is 1. The first-order valence-electron chi connectivity index (χ1n) is 8.06. The smallest absolute Gasteiger partial charge is 0.238 e. The van der Waals surface area contributed by atoms with Crippen LogP contribution in [0.1, 0.15) is 5.56 Å². The third-order valence-electron chi connectivity index (χ3n) is 3.74. The fourth-order valence-electron chi connectivity index (χ4n) is 2.35.